The van der Waals surface area contributed by atoms with Gasteiger partial charge < -0.3 is 9.84 Å². The smallest absolute Gasteiger partial charge is 0.119 e. The van der Waals surface area contributed by atoms with E-state index in [9.17, 15) is 5.11 Å². The predicted molar refractivity (Wildman–Crippen MR) is 71.6 cm³/mol. The SMILES string of the molecule is CCOc1ccc(-c2cc(C)cs2)c(CO)c1. The maximum atomic E-state index is 9.43. The summed E-state index contributed by atoms with van der Waals surface area (Å²) in [6.45, 7) is 4.71. The van der Waals surface area contributed by atoms with Crippen LogP contribution in [-0.4, -0.2) is 11.7 Å². The zero-order chi connectivity index (χ0) is 12.3. The van der Waals surface area contributed by atoms with Gasteiger partial charge in [-0.2, -0.15) is 0 Å². The van der Waals surface area contributed by atoms with Gasteiger partial charge in [-0.3, -0.25) is 0 Å². The molecule has 0 saturated carbocycles. The highest BCUT2D eigenvalue weighted by Crippen LogP contribution is 2.32. The van der Waals surface area contributed by atoms with E-state index in [-0.39, 0.29) is 6.61 Å². The van der Waals surface area contributed by atoms with Crippen molar-refractivity contribution in [2.24, 2.45) is 0 Å². The zero-order valence-electron chi connectivity index (χ0n) is 10.1. The molecule has 2 nitrogen and oxygen atoms in total. The fourth-order valence-electron chi connectivity index (χ4n) is 1.77. The normalized spacial score (nSPS) is 10.5. The van der Waals surface area contributed by atoms with E-state index in [0.29, 0.717) is 6.61 Å². The second-order valence-electron chi connectivity index (χ2n) is 3.90. The molecule has 0 bridgehead atoms. The Hall–Kier alpha value is -1.32. The number of hydrogen-bond acceptors (Lipinski definition) is 3. The summed E-state index contributed by atoms with van der Waals surface area (Å²) in [5, 5.41) is 11.5. The molecule has 0 unspecified atom stereocenters. The molecule has 0 fully saturated rings. The predicted octanol–water partition coefficient (Wildman–Crippen LogP) is 3.61. The Bertz CT molecular complexity index is 503. The van der Waals surface area contributed by atoms with Gasteiger partial charge in [-0.25, -0.2) is 0 Å². The Morgan fingerprint density at radius 2 is 2.12 bits per heavy atom. The Labute approximate surface area is 105 Å². The lowest BCUT2D eigenvalue weighted by Gasteiger charge is -2.09. The lowest BCUT2D eigenvalue weighted by molar-refractivity contribution is 0.280. The van der Waals surface area contributed by atoms with Gasteiger partial charge in [0.05, 0.1) is 13.2 Å². The molecular formula is C14H16O2S. The minimum Gasteiger partial charge on any atom is -0.494 e. The van der Waals surface area contributed by atoms with Gasteiger partial charge in [0, 0.05) is 4.88 Å². The van der Waals surface area contributed by atoms with Crippen LogP contribution in [0.2, 0.25) is 0 Å². The van der Waals surface area contributed by atoms with Crippen LogP contribution >= 0.6 is 11.3 Å². The van der Waals surface area contributed by atoms with Crippen molar-refractivity contribution >= 4 is 11.3 Å². The zero-order valence-corrected chi connectivity index (χ0v) is 10.9. The molecule has 2 aromatic rings. The molecule has 0 spiro atoms. The van der Waals surface area contributed by atoms with Gasteiger partial charge in [-0.1, -0.05) is 0 Å². The first-order valence-corrected chi connectivity index (χ1v) is 6.54. The summed E-state index contributed by atoms with van der Waals surface area (Å²) in [5.41, 5.74) is 3.26. The van der Waals surface area contributed by atoms with Gasteiger partial charge in [0.2, 0.25) is 0 Å². The molecule has 3 heteroatoms. The fraction of sp³-hybridized carbons (Fsp3) is 0.286. The van der Waals surface area contributed by atoms with Crippen LogP contribution in [0.25, 0.3) is 10.4 Å². The van der Waals surface area contributed by atoms with Crippen LogP contribution in [0, 0.1) is 6.92 Å². The van der Waals surface area contributed by atoms with Crippen molar-refractivity contribution in [3.05, 3.63) is 40.8 Å². The van der Waals surface area contributed by atoms with E-state index in [0.717, 1.165) is 16.9 Å². The number of benzene rings is 1. The van der Waals surface area contributed by atoms with Crippen molar-refractivity contribution in [3.8, 4) is 16.2 Å². The van der Waals surface area contributed by atoms with Gasteiger partial charge in [0.25, 0.3) is 0 Å². The molecule has 1 N–H and O–H groups in total. The van der Waals surface area contributed by atoms with Crippen LogP contribution in [0.4, 0.5) is 0 Å². The Balaban J connectivity index is 2.40. The van der Waals surface area contributed by atoms with E-state index >= 15 is 0 Å². The van der Waals surface area contributed by atoms with Crippen LogP contribution in [0.5, 0.6) is 5.75 Å². The summed E-state index contributed by atoms with van der Waals surface area (Å²) in [4.78, 5) is 1.19. The third-order valence-electron chi connectivity index (χ3n) is 2.55. The van der Waals surface area contributed by atoms with Crippen LogP contribution in [0.1, 0.15) is 18.1 Å². The summed E-state index contributed by atoms with van der Waals surface area (Å²) < 4.78 is 5.44. The molecule has 0 saturated heterocycles. The molecule has 1 aromatic heterocycles. The van der Waals surface area contributed by atoms with E-state index in [2.05, 4.69) is 18.4 Å². The molecule has 17 heavy (non-hydrogen) atoms. The summed E-state index contributed by atoms with van der Waals surface area (Å²) in [7, 11) is 0. The monoisotopic (exact) mass is 248 g/mol. The third-order valence-corrected chi connectivity index (χ3v) is 3.64. The largest absolute Gasteiger partial charge is 0.494 e. The Morgan fingerprint density at radius 1 is 1.29 bits per heavy atom. The van der Waals surface area contributed by atoms with Gasteiger partial charge in [-0.05, 0) is 60.2 Å². The standard InChI is InChI=1S/C14H16O2S/c1-3-16-12-4-5-13(11(7-12)8-15)14-6-10(2)9-17-14/h4-7,9,15H,3,8H2,1-2H3. The average molecular weight is 248 g/mol. The first kappa shape index (κ1) is 12.1. The molecule has 0 aliphatic carbocycles. The molecule has 90 valence electrons. The van der Waals surface area contributed by atoms with Crippen molar-refractivity contribution in [1.29, 1.82) is 0 Å². The average Bonchev–Trinajstić information content (AvgIpc) is 2.76. The van der Waals surface area contributed by atoms with Crippen LogP contribution in [0.15, 0.2) is 29.6 Å². The topological polar surface area (TPSA) is 29.5 Å². The fourth-order valence-corrected chi connectivity index (χ4v) is 2.73. The molecule has 0 aliphatic heterocycles. The molecular weight excluding hydrogens is 232 g/mol. The minimum atomic E-state index is 0.0349. The summed E-state index contributed by atoms with van der Waals surface area (Å²) in [6.07, 6.45) is 0. The number of aliphatic hydroxyl groups excluding tert-OH is 1. The maximum Gasteiger partial charge on any atom is 0.119 e. The lowest BCUT2D eigenvalue weighted by Crippen LogP contribution is -1.94. The van der Waals surface area contributed by atoms with Gasteiger partial charge in [0.15, 0.2) is 0 Å². The molecule has 1 aromatic carbocycles. The molecule has 0 amide bonds. The third kappa shape index (κ3) is 2.68. The first-order chi connectivity index (χ1) is 8.24. The van der Waals surface area contributed by atoms with E-state index < -0.39 is 0 Å². The lowest BCUT2D eigenvalue weighted by atomic mass is 10.1. The number of aliphatic hydroxyl groups is 1. The number of thiophene rings is 1. The summed E-state index contributed by atoms with van der Waals surface area (Å²) in [6, 6.07) is 8.02. The Kier molecular flexibility index (Phi) is 3.82. The number of aryl methyl sites for hydroxylation is 1. The maximum absolute atomic E-state index is 9.43. The van der Waals surface area contributed by atoms with Crippen molar-refractivity contribution < 1.29 is 9.84 Å². The van der Waals surface area contributed by atoms with Crippen LogP contribution in [0.3, 0.4) is 0 Å². The second-order valence-corrected chi connectivity index (χ2v) is 4.81. The highest BCUT2D eigenvalue weighted by molar-refractivity contribution is 7.13. The number of hydrogen-bond donors (Lipinski definition) is 1. The van der Waals surface area contributed by atoms with Gasteiger partial charge in [-0.15, -0.1) is 11.3 Å². The van der Waals surface area contributed by atoms with E-state index in [1.54, 1.807) is 11.3 Å². The van der Waals surface area contributed by atoms with Crippen LogP contribution in [-0.2, 0) is 6.61 Å². The van der Waals surface area contributed by atoms with Crippen molar-refractivity contribution in [2.45, 2.75) is 20.5 Å². The number of rotatable bonds is 4. The Morgan fingerprint density at radius 3 is 2.71 bits per heavy atom. The van der Waals surface area contributed by atoms with Crippen LogP contribution < -0.4 is 4.74 Å². The minimum absolute atomic E-state index is 0.0349. The van der Waals surface area contributed by atoms with E-state index in [1.165, 1.54) is 10.4 Å². The highest BCUT2D eigenvalue weighted by atomic mass is 32.1. The molecule has 2 rings (SSSR count). The molecule has 0 radical (unpaired) electrons. The first-order valence-electron chi connectivity index (χ1n) is 5.66. The molecule has 0 aliphatic rings. The van der Waals surface area contributed by atoms with Crippen molar-refractivity contribution in [1.82, 2.24) is 0 Å². The second kappa shape index (κ2) is 5.34. The van der Waals surface area contributed by atoms with Gasteiger partial charge in [0.1, 0.15) is 5.75 Å². The molecule has 1 heterocycles. The quantitative estimate of drug-likeness (QED) is 0.895. The van der Waals surface area contributed by atoms with E-state index in [1.807, 2.05) is 25.1 Å². The van der Waals surface area contributed by atoms with Crippen molar-refractivity contribution in [3.63, 3.8) is 0 Å². The molecule has 0 atom stereocenters. The summed E-state index contributed by atoms with van der Waals surface area (Å²) >= 11 is 1.70. The highest BCUT2D eigenvalue weighted by Gasteiger charge is 2.08. The van der Waals surface area contributed by atoms with E-state index in [4.69, 9.17) is 4.74 Å². The summed E-state index contributed by atoms with van der Waals surface area (Å²) in [5.74, 6) is 0.813. The number of ether oxygens (including phenoxy) is 1. The van der Waals surface area contributed by atoms with Gasteiger partial charge >= 0.3 is 0 Å². The van der Waals surface area contributed by atoms with Crippen molar-refractivity contribution in [2.75, 3.05) is 6.61 Å².